The lowest BCUT2D eigenvalue weighted by atomic mass is 10.1. The van der Waals surface area contributed by atoms with Crippen molar-refractivity contribution in [3.63, 3.8) is 0 Å². The molecule has 0 fully saturated rings. The fourth-order valence-electron chi connectivity index (χ4n) is 1.32. The molecule has 1 aromatic carbocycles. The highest BCUT2D eigenvalue weighted by molar-refractivity contribution is 5.23. The van der Waals surface area contributed by atoms with Gasteiger partial charge < -0.3 is 5.32 Å². The Labute approximate surface area is 89.2 Å². The van der Waals surface area contributed by atoms with Crippen molar-refractivity contribution < 1.29 is 0 Å². The molecule has 2 aromatic rings. The summed E-state index contributed by atoms with van der Waals surface area (Å²) < 4.78 is 0. The van der Waals surface area contributed by atoms with Crippen LogP contribution in [0.3, 0.4) is 0 Å². The molecule has 1 aromatic heterocycles. The summed E-state index contributed by atoms with van der Waals surface area (Å²) in [6.45, 7) is 0.835. The van der Waals surface area contributed by atoms with Gasteiger partial charge in [0.15, 0.2) is 0 Å². The van der Waals surface area contributed by atoms with Crippen molar-refractivity contribution in [2.75, 3.05) is 11.9 Å². The van der Waals surface area contributed by atoms with Crippen LogP contribution in [0, 0.1) is 6.20 Å². The van der Waals surface area contributed by atoms with E-state index in [0.717, 1.165) is 13.0 Å². The smallest absolute Gasteiger partial charge is 0.223 e. The van der Waals surface area contributed by atoms with Crippen LogP contribution in [-0.4, -0.2) is 16.5 Å². The molecule has 2 rings (SSSR count). The largest absolute Gasteiger partial charge is 0.354 e. The van der Waals surface area contributed by atoms with Gasteiger partial charge in [-0.05, 0) is 18.1 Å². The van der Waals surface area contributed by atoms with E-state index >= 15 is 0 Å². The van der Waals surface area contributed by atoms with E-state index in [2.05, 4.69) is 33.6 Å². The van der Waals surface area contributed by atoms with Crippen LogP contribution in [0.25, 0.3) is 0 Å². The highest BCUT2D eigenvalue weighted by Gasteiger charge is 1.93. The zero-order valence-electron chi connectivity index (χ0n) is 8.35. The molecule has 1 N–H and O–H groups in total. The Balaban J connectivity index is 1.81. The lowest BCUT2D eigenvalue weighted by molar-refractivity contribution is 0.982. The van der Waals surface area contributed by atoms with Crippen molar-refractivity contribution >= 4 is 5.95 Å². The summed E-state index contributed by atoms with van der Waals surface area (Å²) in [5.74, 6) is 0.633. The molecule has 0 bridgehead atoms. The maximum absolute atomic E-state index is 4.06. The summed E-state index contributed by atoms with van der Waals surface area (Å²) in [6, 6.07) is 12.0. The molecule has 0 amide bonds. The Hall–Kier alpha value is -1.90. The van der Waals surface area contributed by atoms with E-state index < -0.39 is 0 Å². The molecule has 75 valence electrons. The van der Waals surface area contributed by atoms with E-state index in [0.29, 0.717) is 5.95 Å². The standard InChI is InChI=1S/C12H12N3/c1-2-5-11(6-3-1)7-10-15-12-13-8-4-9-14-12/h1-6,8H,7,10H2,(H,13,14,15). The van der Waals surface area contributed by atoms with Crippen molar-refractivity contribution in [1.29, 1.82) is 0 Å². The summed E-state index contributed by atoms with van der Waals surface area (Å²) in [5.41, 5.74) is 1.31. The molecule has 0 aliphatic carbocycles. The molecular formula is C12H12N3. The molecule has 0 aliphatic heterocycles. The van der Waals surface area contributed by atoms with Gasteiger partial charge in [-0.1, -0.05) is 30.3 Å². The summed E-state index contributed by atoms with van der Waals surface area (Å²) in [6.07, 6.45) is 5.38. The van der Waals surface area contributed by atoms with Crippen LogP contribution in [0.1, 0.15) is 5.56 Å². The first kappa shape index (κ1) is 9.65. The van der Waals surface area contributed by atoms with E-state index in [1.54, 1.807) is 12.3 Å². The average Bonchev–Trinajstić information content (AvgIpc) is 2.32. The number of hydrogen-bond donors (Lipinski definition) is 1. The maximum Gasteiger partial charge on any atom is 0.223 e. The van der Waals surface area contributed by atoms with Crippen LogP contribution in [0.15, 0.2) is 42.6 Å². The van der Waals surface area contributed by atoms with Gasteiger partial charge in [-0.3, -0.25) is 0 Å². The quantitative estimate of drug-likeness (QED) is 0.815. The van der Waals surface area contributed by atoms with Crippen LogP contribution in [0.2, 0.25) is 0 Å². The Morgan fingerprint density at radius 2 is 2.07 bits per heavy atom. The number of hydrogen-bond acceptors (Lipinski definition) is 3. The minimum atomic E-state index is 0.633. The van der Waals surface area contributed by atoms with Gasteiger partial charge >= 0.3 is 0 Å². The highest BCUT2D eigenvalue weighted by atomic mass is 15.1. The molecule has 1 radical (unpaired) electrons. The van der Waals surface area contributed by atoms with Crippen LogP contribution in [-0.2, 0) is 6.42 Å². The zero-order valence-corrected chi connectivity index (χ0v) is 8.35. The molecule has 15 heavy (non-hydrogen) atoms. The minimum Gasteiger partial charge on any atom is -0.354 e. The number of anilines is 1. The number of benzene rings is 1. The van der Waals surface area contributed by atoms with Crippen molar-refractivity contribution in [1.82, 2.24) is 9.97 Å². The number of rotatable bonds is 4. The third-order valence-electron chi connectivity index (χ3n) is 2.06. The third kappa shape index (κ3) is 3.06. The number of aromatic nitrogens is 2. The van der Waals surface area contributed by atoms with Gasteiger partial charge in [0.05, 0.1) is 6.20 Å². The van der Waals surface area contributed by atoms with Gasteiger partial charge in [0.2, 0.25) is 5.95 Å². The van der Waals surface area contributed by atoms with Gasteiger partial charge in [-0.2, -0.15) is 0 Å². The van der Waals surface area contributed by atoms with Crippen molar-refractivity contribution in [2.24, 2.45) is 0 Å². The van der Waals surface area contributed by atoms with Gasteiger partial charge in [0.25, 0.3) is 0 Å². The molecule has 0 atom stereocenters. The summed E-state index contributed by atoms with van der Waals surface area (Å²) in [5, 5.41) is 3.14. The van der Waals surface area contributed by atoms with Gasteiger partial charge in [0.1, 0.15) is 0 Å². The minimum absolute atomic E-state index is 0.633. The van der Waals surface area contributed by atoms with Crippen LogP contribution in [0.4, 0.5) is 5.95 Å². The van der Waals surface area contributed by atoms with E-state index in [1.165, 1.54) is 5.56 Å². The Bertz CT molecular complexity index is 347. The molecule has 3 heteroatoms. The van der Waals surface area contributed by atoms with Crippen molar-refractivity contribution in [3.8, 4) is 0 Å². The lowest BCUT2D eigenvalue weighted by Crippen LogP contribution is -2.07. The highest BCUT2D eigenvalue weighted by Crippen LogP contribution is 2.00. The van der Waals surface area contributed by atoms with Gasteiger partial charge in [-0.25, -0.2) is 9.97 Å². The fraction of sp³-hybridized carbons (Fsp3) is 0.167. The summed E-state index contributed by atoms with van der Waals surface area (Å²) in [4.78, 5) is 8.02. The maximum atomic E-state index is 4.06. The molecule has 0 aliphatic rings. The van der Waals surface area contributed by atoms with Gasteiger partial charge in [-0.15, -0.1) is 0 Å². The summed E-state index contributed by atoms with van der Waals surface area (Å²) >= 11 is 0. The predicted molar refractivity (Wildman–Crippen MR) is 59.5 cm³/mol. The lowest BCUT2D eigenvalue weighted by Gasteiger charge is -2.03. The Morgan fingerprint density at radius 1 is 1.20 bits per heavy atom. The van der Waals surface area contributed by atoms with Gasteiger partial charge in [0, 0.05) is 12.7 Å². The first-order valence-corrected chi connectivity index (χ1v) is 4.92. The molecule has 1 heterocycles. The Kier molecular flexibility index (Phi) is 3.28. The number of nitrogens with zero attached hydrogens (tertiary/aromatic N) is 2. The molecule has 3 nitrogen and oxygen atoms in total. The molecule has 0 saturated heterocycles. The van der Waals surface area contributed by atoms with Crippen molar-refractivity contribution in [2.45, 2.75) is 6.42 Å². The first-order valence-electron chi connectivity index (χ1n) is 4.92. The molecule has 0 spiro atoms. The predicted octanol–water partition coefficient (Wildman–Crippen LogP) is 1.93. The van der Waals surface area contributed by atoms with E-state index in [1.807, 2.05) is 18.2 Å². The zero-order chi connectivity index (χ0) is 10.3. The second-order valence-electron chi connectivity index (χ2n) is 3.17. The summed E-state index contributed by atoms with van der Waals surface area (Å²) in [7, 11) is 0. The van der Waals surface area contributed by atoms with Crippen LogP contribution < -0.4 is 5.32 Å². The Morgan fingerprint density at radius 3 is 2.80 bits per heavy atom. The van der Waals surface area contributed by atoms with Crippen LogP contribution in [0.5, 0.6) is 0 Å². The molecule has 0 unspecified atom stereocenters. The van der Waals surface area contributed by atoms with E-state index in [9.17, 15) is 0 Å². The third-order valence-corrected chi connectivity index (χ3v) is 2.06. The molecule has 0 saturated carbocycles. The monoisotopic (exact) mass is 198 g/mol. The number of nitrogens with one attached hydrogen (secondary N) is 1. The SMILES string of the molecule is [c]1ccnc(NCCc2ccccc2)n1. The average molecular weight is 198 g/mol. The second-order valence-corrected chi connectivity index (χ2v) is 3.17. The van der Waals surface area contributed by atoms with E-state index in [-0.39, 0.29) is 0 Å². The normalized spacial score (nSPS) is 9.87. The fourth-order valence-corrected chi connectivity index (χ4v) is 1.32. The topological polar surface area (TPSA) is 37.8 Å². The van der Waals surface area contributed by atoms with Crippen LogP contribution >= 0.6 is 0 Å². The second kappa shape index (κ2) is 5.10. The van der Waals surface area contributed by atoms with Crippen molar-refractivity contribution in [3.05, 3.63) is 54.4 Å². The first-order chi connectivity index (χ1) is 7.45. The molecular weight excluding hydrogens is 186 g/mol. The van der Waals surface area contributed by atoms with E-state index in [4.69, 9.17) is 0 Å².